The molecule has 7 N–H and O–H groups in total. The van der Waals surface area contributed by atoms with Crippen LogP contribution in [0.3, 0.4) is 0 Å². The van der Waals surface area contributed by atoms with E-state index in [1.54, 1.807) is 36.4 Å². The molecule has 0 saturated carbocycles. The lowest BCUT2D eigenvalue weighted by Gasteiger charge is -2.18. The van der Waals surface area contributed by atoms with Crippen molar-refractivity contribution in [1.82, 2.24) is 20.6 Å². The van der Waals surface area contributed by atoms with Gasteiger partial charge in [0.2, 0.25) is 0 Å². The first-order chi connectivity index (χ1) is 18.3. The first-order valence-electron chi connectivity index (χ1n) is 11.7. The van der Waals surface area contributed by atoms with E-state index in [0.29, 0.717) is 45.9 Å². The van der Waals surface area contributed by atoms with Crippen LogP contribution in [0.2, 0.25) is 10.2 Å². The van der Waals surface area contributed by atoms with Gasteiger partial charge in [0.25, 0.3) is 0 Å². The molecule has 1 heterocycles. The Morgan fingerprint density at radius 3 is 2.42 bits per heavy atom. The predicted molar refractivity (Wildman–Crippen MR) is 148 cm³/mol. The molecule has 9 nitrogen and oxygen atoms in total. The zero-order chi connectivity index (χ0) is 27.1. The number of urea groups is 1. The van der Waals surface area contributed by atoms with Crippen molar-refractivity contribution >= 4 is 41.0 Å². The van der Waals surface area contributed by atoms with Gasteiger partial charge in [-0.3, -0.25) is 5.32 Å². The van der Waals surface area contributed by atoms with Crippen molar-refractivity contribution in [2.75, 3.05) is 5.32 Å². The summed E-state index contributed by atoms with van der Waals surface area (Å²) in [7, 11) is 0. The summed E-state index contributed by atoms with van der Waals surface area (Å²) in [6.45, 7) is 0.575. The molecule has 3 amide bonds. The Morgan fingerprint density at radius 1 is 1.00 bits per heavy atom. The van der Waals surface area contributed by atoms with Gasteiger partial charge in [-0.15, -0.1) is 0 Å². The average Bonchev–Trinajstić information content (AvgIpc) is 3.29. The Kier molecular flexibility index (Phi) is 8.85. The van der Waals surface area contributed by atoms with E-state index in [1.807, 2.05) is 36.4 Å². The van der Waals surface area contributed by atoms with Crippen molar-refractivity contribution in [1.29, 1.82) is 0 Å². The number of nitrogens with zero attached hydrogens (tertiary/aromatic N) is 1. The van der Waals surface area contributed by atoms with Gasteiger partial charge in [-0.1, -0.05) is 71.7 Å². The van der Waals surface area contributed by atoms with Crippen molar-refractivity contribution in [2.45, 2.75) is 25.6 Å². The minimum Gasteiger partial charge on any atom is -0.465 e. The summed E-state index contributed by atoms with van der Waals surface area (Å²) in [5.41, 5.74) is 10.1. The molecule has 0 spiro atoms. The topological polar surface area (TPSA) is 145 Å². The molecule has 196 valence electrons. The van der Waals surface area contributed by atoms with E-state index in [4.69, 9.17) is 34.0 Å². The molecule has 1 aromatic heterocycles. The maximum Gasteiger partial charge on any atom is 0.409 e. The van der Waals surface area contributed by atoms with Crippen LogP contribution in [0.1, 0.15) is 28.6 Å². The van der Waals surface area contributed by atoms with Gasteiger partial charge < -0.3 is 26.5 Å². The number of nitrogens with two attached hydrogens (primary N) is 1. The first-order valence-corrected chi connectivity index (χ1v) is 12.5. The molecule has 38 heavy (non-hydrogen) atoms. The van der Waals surface area contributed by atoms with E-state index in [9.17, 15) is 9.59 Å². The van der Waals surface area contributed by atoms with Gasteiger partial charge in [0.1, 0.15) is 16.7 Å². The third-order valence-corrected chi connectivity index (χ3v) is 6.34. The van der Waals surface area contributed by atoms with E-state index in [2.05, 4.69) is 25.9 Å². The standard InChI is InChI=1S/C27H26Cl2N6O3/c28-20-9-6-18(14-30)19(13-20)15-31-26(36)33-22(12-16-4-2-1-3-5-16)25-34-23(24(29)35-25)17-7-10-21(11-8-17)32-27(37)38/h1-11,13,22,32H,12,14-15,30H2,(H,34,35)(H,37,38)(H2,31,33,36). The highest BCUT2D eigenvalue weighted by atomic mass is 35.5. The molecule has 0 aliphatic rings. The summed E-state index contributed by atoms with van der Waals surface area (Å²) in [5.74, 6) is 0.474. The molecule has 0 saturated heterocycles. The number of H-pyrrole nitrogens is 1. The summed E-state index contributed by atoms with van der Waals surface area (Å²) in [5, 5.41) is 17.9. The van der Waals surface area contributed by atoms with Gasteiger partial charge in [-0.2, -0.15) is 0 Å². The molecular weight excluding hydrogens is 527 g/mol. The van der Waals surface area contributed by atoms with Gasteiger partial charge in [-0.05, 0) is 47.4 Å². The van der Waals surface area contributed by atoms with Crippen molar-refractivity contribution in [3.63, 3.8) is 0 Å². The number of carbonyl (C=O) groups is 2. The van der Waals surface area contributed by atoms with Crippen LogP contribution in [0.5, 0.6) is 0 Å². The molecule has 0 radical (unpaired) electrons. The quantitative estimate of drug-likeness (QED) is 0.157. The Labute approximate surface area is 229 Å². The predicted octanol–water partition coefficient (Wildman–Crippen LogP) is 5.72. The number of amides is 3. The fourth-order valence-corrected chi connectivity index (χ4v) is 4.41. The van der Waals surface area contributed by atoms with Crippen molar-refractivity contribution in [3.8, 4) is 11.3 Å². The smallest absolute Gasteiger partial charge is 0.409 e. The van der Waals surface area contributed by atoms with Crippen molar-refractivity contribution < 1.29 is 14.7 Å². The number of anilines is 1. The number of nitrogens with one attached hydrogen (secondary N) is 4. The zero-order valence-corrected chi connectivity index (χ0v) is 21.7. The van der Waals surface area contributed by atoms with Crippen LogP contribution in [0.15, 0.2) is 72.8 Å². The monoisotopic (exact) mass is 552 g/mol. The third kappa shape index (κ3) is 7.04. The van der Waals surface area contributed by atoms with Crippen LogP contribution in [0, 0.1) is 0 Å². The summed E-state index contributed by atoms with van der Waals surface area (Å²) in [6, 6.07) is 20.8. The lowest BCUT2D eigenvalue weighted by molar-refractivity contribution is 0.209. The maximum absolute atomic E-state index is 12.9. The summed E-state index contributed by atoms with van der Waals surface area (Å²) in [6.07, 6.45) is -0.690. The molecule has 1 atom stereocenters. The van der Waals surface area contributed by atoms with E-state index >= 15 is 0 Å². The van der Waals surface area contributed by atoms with Crippen molar-refractivity contribution in [2.24, 2.45) is 5.73 Å². The Morgan fingerprint density at radius 2 is 1.74 bits per heavy atom. The number of hydrogen-bond donors (Lipinski definition) is 6. The second-order valence-electron chi connectivity index (χ2n) is 8.48. The van der Waals surface area contributed by atoms with Crippen LogP contribution in [-0.4, -0.2) is 27.2 Å². The number of aromatic amines is 1. The van der Waals surface area contributed by atoms with E-state index in [-0.39, 0.29) is 6.54 Å². The summed E-state index contributed by atoms with van der Waals surface area (Å²) in [4.78, 5) is 31.6. The van der Waals surface area contributed by atoms with Gasteiger partial charge in [0.05, 0.1) is 6.04 Å². The highest BCUT2D eigenvalue weighted by Gasteiger charge is 2.22. The number of imidazole rings is 1. The van der Waals surface area contributed by atoms with Crippen LogP contribution < -0.4 is 21.7 Å². The van der Waals surface area contributed by atoms with Gasteiger partial charge in [-0.25, -0.2) is 14.6 Å². The van der Waals surface area contributed by atoms with Gasteiger partial charge in [0, 0.05) is 29.4 Å². The second kappa shape index (κ2) is 12.5. The molecule has 11 heteroatoms. The Bertz CT molecular complexity index is 1410. The number of carboxylic acid groups (broad SMARTS) is 1. The molecular formula is C27H26Cl2N6O3. The number of hydrogen-bond acceptors (Lipinski definition) is 4. The van der Waals surface area contributed by atoms with E-state index in [1.165, 1.54) is 0 Å². The molecule has 0 bridgehead atoms. The second-order valence-corrected chi connectivity index (χ2v) is 9.29. The fraction of sp³-hybridized carbons (Fsp3) is 0.148. The largest absolute Gasteiger partial charge is 0.465 e. The van der Waals surface area contributed by atoms with Gasteiger partial charge >= 0.3 is 12.1 Å². The van der Waals surface area contributed by atoms with Crippen LogP contribution in [0.25, 0.3) is 11.3 Å². The van der Waals surface area contributed by atoms with Crippen molar-refractivity contribution in [3.05, 3.63) is 105 Å². The molecule has 0 aliphatic carbocycles. The molecule has 1 unspecified atom stereocenters. The molecule has 4 rings (SSSR count). The number of aromatic nitrogens is 2. The van der Waals surface area contributed by atoms with Crippen LogP contribution in [-0.2, 0) is 19.5 Å². The van der Waals surface area contributed by atoms with E-state index in [0.717, 1.165) is 16.7 Å². The SMILES string of the molecule is NCc1ccc(Cl)cc1CNC(=O)NC(Cc1ccccc1)c1nc(-c2ccc(NC(=O)O)cc2)c(Cl)[nH]1. The minimum absolute atomic E-state index is 0.248. The molecule has 3 aromatic carbocycles. The lowest BCUT2D eigenvalue weighted by atomic mass is 10.1. The van der Waals surface area contributed by atoms with Crippen LogP contribution in [0.4, 0.5) is 15.3 Å². The molecule has 0 aliphatic heterocycles. The average molecular weight is 553 g/mol. The normalized spacial score (nSPS) is 11.6. The Hall–Kier alpha value is -4.05. The number of halogens is 2. The summed E-state index contributed by atoms with van der Waals surface area (Å²) < 4.78 is 0. The third-order valence-electron chi connectivity index (χ3n) is 5.83. The van der Waals surface area contributed by atoms with Crippen LogP contribution >= 0.6 is 23.2 Å². The lowest BCUT2D eigenvalue weighted by Crippen LogP contribution is -2.39. The highest BCUT2D eigenvalue weighted by Crippen LogP contribution is 2.29. The minimum atomic E-state index is -1.15. The Balaban J connectivity index is 1.54. The number of benzene rings is 3. The number of carbonyl (C=O) groups excluding carboxylic acids is 1. The maximum atomic E-state index is 12.9. The zero-order valence-electron chi connectivity index (χ0n) is 20.2. The fourth-order valence-electron chi connectivity index (χ4n) is 3.97. The summed E-state index contributed by atoms with van der Waals surface area (Å²) >= 11 is 12.6. The van der Waals surface area contributed by atoms with E-state index < -0.39 is 18.2 Å². The molecule has 0 fully saturated rings. The molecule has 4 aromatic rings. The van der Waals surface area contributed by atoms with Gasteiger partial charge in [0.15, 0.2) is 0 Å². The highest BCUT2D eigenvalue weighted by molar-refractivity contribution is 6.32. The first kappa shape index (κ1) is 27.0. The number of rotatable bonds is 9.